The number of carbonyl (C=O) groups excluding carboxylic acids is 1. The molecule has 16 heteroatoms. The molecule has 2 aromatic carbocycles. The third-order valence-electron chi connectivity index (χ3n) is 6.73. The number of thioether (sulfide) groups is 1. The molecule has 0 saturated heterocycles. The van der Waals surface area contributed by atoms with Gasteiger partial charge in [-0.1, -0.05) is 47.7 Å². The highest BCUT2D eigenvalue weighted by molar-refractivity contribution is 7.99. The van der Waals surface area contributed by atoms with Crippen molar-refractivity contribution in [1.29, 1.82) is 5.26 Å². The SMILES string of the molecule is CCSc1nc(NCc2nnc(N)s2)c2c3c(c(-c4ccc(F)c5sc(NC(=O)OC(C)(C)C)c(C#N)c45)c(Cl)c2n1)COC3. The maximum absolute atomic E-state index is 15.3. The molecule has 0 spiro atoms. The molecule has 0 bridgehead atoms. The minimum atomic E-state index is -0.766. The van der Waals surface area contributed by atoms with Crippen molar-refractivity contribution in [1.82, 2.24) is 20.2 Å². The van der Waals surface area contributed by atoms with Crippen LogP contribution in [0.5, 0.6) is 0 Å². The summed E-state index contributed by atoms with van der Waals surface area (Å²) in [5.41, 5.74) is 8.29. The predicted octanol–water partition coefficient (Wildman–Crippen LogP) is 7.71. The standard InChI is InChI=1S/C29H26ClFN8O3S3/c1-5-43-27-35-22-20(24(36-27)34-9-17-38-39-26(33)44-17)15-11-41-10-14(15)18(21(22)30)12-6-7-16(31)23-19(12)13(8-32)25(45-23)37-28(40)42-29(2,3)4/h6-7H,5,9-11H2,1-4H3,(H2,33,39)(H,37,40)(H,34,35,36). The van der Waals surface area contributed by atoms with Crippen LogP contribution in [-0.4, -0.2) is 37.6 Å². The number of carbonyl (C=O) groups is 1. The van der Waals surface area contributed by atoms with Gasteiger partial charge in [-0.3, -0.25) is 5.32 Å². The zero-order valence-electron chi connectivity index (χ0n) is 24.5. The molecule has 4 N–H and O–H groups in total. The number of thiophene rings is 1. The Labute approximate surface area is 274 Å². The first-order chi connectivity index (χ1) is 21.5. The van der Waals surface area contributed by atoms with Crippen LogP contribution in [0.15, 0.2) is 17.3 Å². The Balaban J connectivity index is 1.56. The van der Waals surface area contributed by atoms with Gasteiger partial charge in [-0.05, 0) is 49.3 Å². The summed E-state index contributed by atoms with van der Waals surface area (Å²) in [5.74, 6) is 0.745. The zero-order chi connectivity index (χ0) is 32.0. The highest BCUT2D eigenvalue weighted by Gasteiger charge is 2.30. The summed E-state index contributed by atoms with van der Waals surface area (Å²) in [6.45, 7) is 8.01. The van der Waals surface area contributed by atoms with Crippen molar-refractivity contribution >= 4 is 89.1 Å². The van der Waals surface area contributed by atoms with E-state index >= 15 is 4.39 Å². The summed E-state index contributed by atoms with van der Waals surface area (Å²) >= 11 is 10.9. The minimum Gasteiger partial charge on any atom is -0.444 e. The molecule has 0 saturated carbocycles. The van der Waals surface area contributed by atoms with E-state index in [1.165, 1.54) is 29.2 Å². The molecule has 4 heterocycles. The Morgan fingerprint density at radius 2 is 2.00 bits per heavy atom. The van der Waals surface area contributed by atoms with Crippen LogP contribution in [0.1, 0.15) is 49.4 Å². The lowest BCUT2D eigenvalue weighted by atomic mass is 9.91. The Bertz CT molecular complexity index is 2040. The average Bonchev–Trinajstić information content (AvgIpc) is 3.71. The van der Waals surface area contributed by atoms with E-state index in [9.17, 15) is 10.1 Å². The van der Waals surface area contributed by atoms with Crippen LogP contribution in [0.25, 0.3) is 32.1 Å². The van der Waals surface area contributed by atoms with E-state index in [-0.39, 0.29) is 28.5 Å². The average molecular weight is 685 g/mol. The number of nitrogens with two attached hydrogens (primary N) is 1. The van der Waals surface area contributed by atoms with Crippen molar-refractivity contribution < 1.29 is 18.7 Å². The van der Waals surface area contributed by atoms with Crippen molar-refractivity contribution in [2.45, 2.75) is 58.2 Å². The number of anilines is 3. The number of ether oxygens (including phenoxy) is 2. The number of fused-ring (bicyclic) bond motifs is 4. The number of nitriles is 1. The van der Waals surface area contributed by atoms with Gasteiger partial charge in [0, 0.05) is 10.9 Å². The Morgan fingerprint density at radius 3 is 2.69 bits per heavy atom. The van der Waals surface area contributed by atoms with Gasteiger partial charge < -0.3 is 20.5 Å². The first-order valence-corrected chi connectivity index (χ1v) is 16.7. The fourth-order valence-electron chi connectivity index (χ4n) is 5.08. The summed E-state index contributed by atoms with van der Waals surface area (Å²) < 4.78 is 26.8. The predicted molar refractivity (Wildman–Crippen MR) is 176 cm³/mol. The quantitative estimate of drug-likeness (QED) is 0.114. The molecule has 232 valence electrons. The van der Waals surface area contributed by atoms with Gasteiger partial charge in [0.15, 0.2) is 5.16 Å². The van der Waals surface area contributed by atoms with Crippen LogP contribution in [0.4, 0.5) is 25.1 Å². The van der Waals surface area contributed by atoms with E-state index in [0.29, 0.717) is 60.1 Å². The number of benzene rings is 2. The van der Waals surface area contributed by atoms with E-state index in [0.717, 1.165) is 28.2 Å². The van der Waals surface area contributed by atoms with Crippen molar-refractivity contribution in [2.75, 3.05) is 22.1 Å². The van der Waals surface area contributed by atoms with Crippen LogP contribution in [0, 0.1) is 17.1 Å². The Morgan fingerprint density at radius 1 is 1.22 bits per heavy atom. The second kappa shape index (κ2) is 12.2. The fourth-order valence-corrected chi connectivity index (χ4v) is 7.62. The van der Waals surface area contributed by atoms with E-state index in [2.05, 4.69) is 26.9 Å². The molecule has 0 unspecified atom stereocenters. The molecule has 1 amide bonds. The zero-order valence-corrected chi connectivity index (χ0v) is 27.7. The molecule has 1 aliphatic rings. The van der Waals surface area contributed by atoms with Gasteiger partial charge in [-0.25, -0.2) is 19.2 Å². The molecule has 0 radical (unpaired) electrons. The summed E-state index contributed by atoms with van der Waals surface area (Å²) in [4.78, 5) is 22.2. The second-order valence-electron chi connectivity index (χ2n) is 10.9. The summed E-state index contributed by atoms with van der Waals surface area (Å²) in [7, 11) is 0. The lowest BCUT2D eigenvalue weighted by Crippen LogP contribution is -2.27. The van der Waals surface area contributed by atoms with Gasteiger partial charge in [-0.2, -0.15) is 5.26 Å². The number of hydrogen-bond acceptors (Lipinski definition) is 13. The second-order valence-corrected chi connectivity index (χ2v) is 14.6. The van der Waals surface area contributed by atoms with Gasteiger partial charge in [0.2, 0.25) is 5.13 Å². The Kier molecular flexibility index (Phi) is 8.44. The van der Waals surface area contributed by atoms with Crippen LogP contribution < -0.4 is 16.4 Å². The highest BCUT2D eigenvalue weighted by atomic mass is 35.5. The number of hydrogen-bond donors (Lipinski definition) is 3. The number of nitrogens with one attached hydrogen (secondary N) is 2. The number of nitrogen functional groups attached to an aromatic ring is 1. The number of halogens is 2. The van der Waals surface area contributed by atoms with Gasteiger partial charge in [0.25, 0.3) is 0 Å². The molecular formula is C29H26ClFN8O3S3. The molecule has 1 aliphatic heterocycles. The smallest absolute Gasteiger partial charge is 0.412 e. The van der Waals surface area contributed by atoms with E-state index in [1.807, 2.05) is 6.92 Å². The molecule has 6 rings (SSSR count). The molecular weight excluding hydrogens is 659 g/mol. The number of aromatic nitrogens is 4. The first-order valence-electron chi connectivity index (χ1n) is 13.7. The highest BCUT2D eigenvalue weighted by Crippen LogP contribution is 2.49. The monoisotopic (exact) mass is 684 g/mol. The van der Waals surface area contributed by atoms with E-state index in [4.69, 9.17) is 36.8 Å². The molecule has 11 nitrogen and oxygen atoms in total. The number of nitrogens with zero attached hydrogens (tertiary/aromatic N) is 5. The maximum Gasteiger partial charge on any atom is 0.412 e. The van der Waals surface area contributed by atoms with Gasteiger partial charge in [-0.15, -0.1) is 21.5 Å². The third-order valence-corrected chi connectivity index (χ3v) is 9.69. The lowest BCUT2D eigenvalue weighted by molar-refractivity contribution is 0.0636. The van der Waals surface area contributed by atoms with Crippen molar-refractivity contribution in [3.8, 4) is 17.2 Å². The number of rotatable bonds is 7. The molecule has 0 fully saturated rings. The summed E-state index contributed by atoms with van der Waals surface area (Å²) in [5, 5.41) is 27.3. The van der Waals surface area contributed by atoms with Crippen molar-refractivity contribution in [3.05, 3.63) is 44.7 Å². The van der Waals surface area contributed by atoms with E-state index < -0.39 is 17.5 Å². The van der Waals surface area contributed by atoms with Crippen molar-refractivity contribution in [3.63, 3.8) is 0 Å². The molecule has 45 heavy (non-hydrogen) atoms. The van der Waals surface area contributed by atoms with Gasteiger partial charge in [0.1, 0.15) is 33.3 Å². The molecule has 0 atom stereocenters. The normalized spacial score (nSPS) is 12.8. The topological polar surface area (TPSA) is 161 Å². The maximum atomic E-state index is 15.3. The lowest BCUT2D eigenvalue weighted by Gasteiger charge is -2.19. The van der Waals surface area contributed by atoms with Crippen molar-refractivity contribution in [2.24, 2.45) is 0 Å². The summed E-state index contributed by atoms with van der Waals surface area (Å²) in [6.07, 6.45) is -0.751. The Hall–Kier alpha value is -3.81. The van der Waals surface area contributed by atoms with Crippen LogP contribution in [0.2, 0.25) is 5.02 Å². The molecule has 0 aliphatic carbocycles. The minimum absolute atomic E-state index is 0.0998. The fraction of sp³-hybridized carbons (Fsp3) is 0.310. The van der Waals surface area contributed by atoms with Gasteiger partial charge in [0.05, 0.1) is 45.9 Å². The first kappa shape index (κ1) is 31.2. The number of amides is 1. The summed E-state index contributed by atoms with van der Waals surface area (Å²) in [6, 6.07) is 5.08. The van der Waals surface area contributed by atoms with Crippen LogP contribution in [-0.2, 0) is 29.2 Å². The van der Waals surface area contributed by atoms with Gasteiger partial charge >= 0.3 is 6.09 Å². The van der Waals surface area contributed by atoms with E-state index in [1.54, 1.807) is 26.8 Å². The van der Waals surface area contributed by atoms with Crippen LogP contribution >= 0.6 is 46.0 Å². The third kappa shape index (κ3) is 5.96. The molecule has 5 aromatic rings. The largest absolute Gasteiger partial charge is 0.444 e. The van der Waals surface area contributed by atoms with Crippen LogP contribution in [0.3, 0.4) is 0 Å². The molecule has 3 aromatic heterocycles.